The van der Waals surface area contributed by atoms with Crippen molar-refractivity contribution in [3.63, 3.8) is 0 Å². The summed E-state index contributed by atoms with van der Waals surface area (Å²) < 4.78 is 5.48. The minimum Gasteiger partial charge on any atom is -0.480 e. The van der Waals surface area contributed by atoms with E-state index in [1.165, 1.54) is 11.8 Å². The lowest BCUT2D eigenvalue weighted by atomic mass is 9.62. The molecule has 1 aliphatic heterocycles. The van der Waals surface area contributed by atoms with Gasteiger partial charge in [-0.3, -0.25) is 24.5 Å². The number of hydrogen-bond acceptors (Lipinski definition) is 10. The fourth-order valence-corrected chi connectivity index (χ4v) is 9.27. The Kier molecular flexibility index (Phi) is 11.1. The first kappa shape index (κ1) is 33.9. The van der Waals surface area contributed by atoms with E-state index in [1.54, 1.807) is 7.05 Å². The van der Waals surface area contributed by atoms with E-state index in [9.17, 15) is 34.2 Å². The lowest BCUT2D eigenvalue weighted by Gasteiger charge is -2.52. The van der Waals surface area contributed by atoms with Gasteiger partial charge in [0.05, 0.1) is 4.75 Å². The van der Waals surface area contributed by atoms with Gasteiger partial charge in [-0.15, -0.1) is 11.8 Å². The number of aliphatic hydroxyl groups excluding tert-OH is 1. The second kappa shape index (κ2) is 14.4. The molecule has 3 aliphatic carbocycles. The Morgan fingerprint density at radius 1 is 1.09 bits per heavy atom. The van der Waals surface area contributed by atoms with E-state index < -0.39 is 52.7 Å². The highest BCUT2D eigenvalue weighted by Gasteiger charge is 2.61. The van der Waals surface area contributed by atoms with Crippen LogP contribution in [-0.4, -0.2) is 87.6 Å². The van der Waals surface area contributed by atoms with E-state index in [1.807, 2.05) is 17.5 Å². The standard InChI is InChI=1S/C30H44N4O9S/c1-3-29(12-4-5-13-29)30(14-11-17-7-6-8-18-22(17)23(30)43-28(18)42)44-15-20(24(36)34-25(37)27(40)41)33-21(35)10-9-19(26(38)39)32-16-31-2/h6,8,17-20,25,31-32,37H,3-5,7,9-16H2,1-2H3,(H,33,35)(H,34,36)(H,38,39)(H,40,41). The number of carbonyl (C=O) groups excluding carboxylic acids is 3. The molecule has 6 unspecified atom stereocenters. The van der Waals surface area contributed by atoms with Gasteiger partial charge in [-0.2, -0.15) is 0 Å². The van der Waals surface area contributed by atoms with Crippen molar-refractivity contribution >= 4 is 41.5 Å². The van der Waals surface area contributed by atoms with Crippen molar-refractivity contribution in [2.75, 3.05) is 19.5 Å². The van der Waals surface area contributed by atoms with Crippen LogP contribution in [0.4, 0.5) is 0 Å². The SMILES string of the molecule is CCC1(C2(SCC(NC(=O)CCC(NCNC)C(=O)O)C(=O)NC(O)C(=O)O)CCC3CC=CC4C(=O)OC2=C34)CCCC1. The molecule has 2 amide bonds. The Hall–Kier alpha value is -2.94. The van der Waals surface area contributed by atoms with Gasteiger partial charge in [0.1, 0.15) is 23.8 Å². The van der Waals surface area contributed by atoms with Crippen LogP contribution in [0.25, 0.3) is 0 Å². The first-order valence-corrected chi connectivity index (χ1v) is 16.4. The van der Waals surface area contributed by atoms with Crippen molar-refractivity contribution in [1.29, 1.82) is 0 Å². The normalized spacial score (nSPS) is 27.2. The summed E-state index contributed by atoms with van der Waals surface area (Å²) in [5.74, 6) is -4.04. The molecule has 0 saturated heterocycles. The summed E-state index contributed by atoms with van der Waals surface area (Å²) in [5, 5.41) is 38.8. The molecule has 0 bridgehead atoms. The maximum absolute atomic E-state index is 13.3. The molecule has 0 aromatic carbocycles. The van der Waals surface area contributed by atoms with E-state index in [0.717, 1.165) is 56.9 Å². The molecule has 0 radical (unpaired) electrons. The van der Waals surface area contributed by atoms with Gasteiger partial charge in [0, 0.05) is 18.8 Å². The van der Waals surface area contributed by atoms with Gasteiger partial charge in [-0.25, -0.2) is 4.79 Å². The van der Waals surface area contributed by atoms with E-state index >= 15 is 0 Å². The number of carboxylic acids is 2. The summed E-state index contributed by atoms with van der Waals surface area (Å²) >= 11 is 1.46. The molecule has 1 heterocycles. The summed E-state index contributed by atoms with van der Waals surface area (Å²) in [5.41, 5.74) is 0.816. The van der Waals surface area contributed by atoms with E-state index in [4.69, 9.17) is 9.84 Å². The maximum Gasteiger partial charge on any atom is 0.353 e. The molecule has 7 N–H and O–H groups in total. The van der Waals surface area contributed by atoms with Crippen molar-refractivity contribution in [2.24, 2.45) is 17.3 Å². The quantitative estimate of drug-likeness (QED) is 0.0726. The zero-order valence-corrected chi connectivity index (χ0v) is 26.0. The molecule has 6 atom stereocenters. The van der Waals surface area contributed by atoms with Crippen LogP contribution in [-0.2, 0) is 28.7 Å². The highest BCUT2D eigenvalue weighted by atomic mass is 32.2. The highest BCUT2D eigenvalue weighted by Crippen LogP contribution is 2.65. The highest BCUT2D eigenvalue weighted by molar-refractivity contribution is 8.01. The summed E-state index contributed by atoms with van der Waals surface area (Å²) in [6.07, 6.45) is 8.65. The number of aliphatic carboxylic acids is 2. The van der Waals surface area contributed by atoms with Gasteiger partial charge in [0.25, 0.3) is 0 Å². The van der Waals surface area contributed by atoms with Crippen molar-refractivity contribution in [3.8, 4) is 0 Å². The molecule has 13 nitrogen and oxygen atoms in total. The third-order valence-corrected chi connectivity index (χ3v) is 11.5. The number of aliphatic hydroxyl groups is 1. The molecule has 14 heteroatoms. The van der Waals surface area contributed by atoms with Crippen molar-refractivity contribution in [3.05, 3.63) is 23.5 Å². The summed E-state index contributed by atoms with van der Waals surface area (Å²) in [7, 11) is 1.65. The monoisotopic (exact) mass is 636 g/mol. The average molecular weight is 637 g/mol. The molecule has 44 heavy (non-hydrogen) atoms. The largest absolute Gasteiger partial charge is 0.480 e. The Labute approximate surface area is 261 Å². The molecular weight excluding hydrogens is 592 g/mol. The number of carboxylic acid groups (broad SMARTS) is 2. The summed E-state index contributed by atoms with van der Waals surface area (Å²) in [4.78, 5) is 62.3. The van der Waals surface area contributed by atoms with E-state index in [2.05, 4.69) is 22.9 Å². The minimum absolute atomic E-state index is 0.0194. The van der Waals surface area contributed by atoms with Crippen molar-refractivity contribution in [1.82, 2.24) is 21.3 Å². The van der Waals surface area contributed by atoms with Gasteiger partial charge in [0.2, 0.25) is 18.0 Å². The zero-order valence-electron chi connectivity index (χ0n) is 25.2. The van der Waals surface area contributed by atoms with Crippen LogP contribution in [0.15, 0.2) is 23.5 Å². The molecule has 0 aromatic rings. The van der Waals surface area contributed by atoms with Crippen LogP contribution in [0.1, 0.15) is 71.1 Å². The minimum atomic E-state index is -2.18. The third kappa shape index (κ3) is 6.82. The summed E-state index contributed by atoms with van der Waals surface area (Å²) in [6.45, 7) is 2.35. The van der Waals surface area contributed by atoms with Crippen molar-refractivity contribution in [2.45, 2.75) is 94.2 Å². The van der Waals surface area contributed by atoms with Gasteiger partial charge >= 0.3 is 17.9 Å². The number of allylic oxidation sites excluding steroid dienone is 1. The Morgan fingerprint density at radius 3 is 2.45 bits per heavy atom. The molecule has 244 valence electrons. The lowest BCUT2D eigenvalue weighted by Crippen LogP contribution is -2.55. The smallest absolute Gasteiger partial charge is 0.353 e. The predicted molar refractivity (Wildman–Crippen MR) is 161 cm³/mol. The number of nitrogens with one attached hydrogen (secondary N) is 4. The van der Waals surface area contributed by atoms with E-state index in [-0.39, 0.29) is 42.6 Å². The third-order valence-electron chi connectivity index (χ3n) is 9.69. The van der Waals surface area contributed by atoms with E-state index in [0.29, 0.717) is 5.76 Å². The average Bonchev–Trinajstić information content (AvgIpc) is 3.63. The number of thioether (sulfide) groups is 1. The first-order chi connectivity index (χ1) is 21.0. The Balaban J connectivity index is 1.61. The fourth-order valence-electron chi connectivity index (χ4n) is 7.38. The van der Waals surface area contributed by atoms with Crippen LogP contribution >= 0.6 is 11.8 Å². The maximum atomic E-state index is 13.3. The number of esters is 1. The molecule has 1 saturated carbocycles. The van der Waals surface area contributed by atoms with Crippen molar-refractivity contribution < 1.29 is 44.0 Å². The number of hydrogen-bond donors (Lipinski definition) is 7. The van der Waals surface area contributed by atoms with Crippen LogP contribution in [0.5, 0.6) is 0 Å². The van der Waals surface area contributed by atoms with Gasteiger partial charge in [-0.05, 0) is 68.9 Å². The van der Waals surface area contributed by atoms with Crippen LogP contribution < -0.4 is 21.3 Å². The summed E-state index contributed by atoms with van der Waals surface area (Å²) in [6, 6.07) is -2.25. The number of ether oxygens (including phenoxy) is 1. The Bertz CT molecular complexity index is 1200. The second-order valence-corrected chi connectivity index (χ2v) is 13.4. The topological polar surface area (TPSA) is 203 Å². The molecule has 0 spiro atoms. The molecule has 4 aliphatic rings. The van der Waals surface area contributed by atoms with Crippen LogP contribution in [0.2, 0.25) is 0 Å². The first-order valence-electron chi connectivity index (χ1n) is 15.4. The Morgan fingerprint density at radius 2 is 1.82 bits per heavy atom. The van der Waals surface area contributed by atoms with Gasteiger partial charge in [0.15, 0.2) is 0 Å². The molecule has 0 aromatic heterocycles. The molecule has 4 rings (SSSR count). The number of carbonyl (C=O) groups is 5. The predicted octanol–water partition coefficient (Wildman–Crippen LogP) is 1.23. The molecule has 1 fully saturated rings. The number of rotatable bonds is 16. The van der Waals surface area contributed by atoms with Crippen LogP contribution in [0, 0.1) is 17.3 Å². The zero-order chi connectivity index (χ0) is 32.1. The molecular formula is C30H44N4O9S. The van der Waals surface area contributed by atoms with Gasteiger partial charge < -0.3 is 36.0 Å². The fraction of sp³-hybridized carbons (Fsp3) is 0.700. The lowest BCUT2D eigenvalue weighted by molar-refractivity contribution is -0.151. The number of amides is 2. The second-order valence-electron chi connectivity index (χ2n) is 12.1. The van der Waals surface area contributed by atoms with Crippen LogP contribution in [0.3, 0.4) is 0 Å². The van der Waals surface area contributed by atoms with Gasteiger partial charge in [-0.1, -0.05) is 31.9 Å².